The summed E-state index contributed by atoms with van der Waals surface area (Å²) in [6, 6.07) is 6.03. The molecule has 1 aliphatic heterocycles. The zero-order chi connectivity index (χ0) is 16.3. The summed E-state index contributed by atoms with van der Waals surface area (Å²) < 4.78 is 4.89. The third-order valence-corrected chi connectivity index (χ3v) is 3.41. The lowest BCUT2D eigenvalue weighted by Crippen LogP contribution is -2.30. The Hall–Kier alpha value is -2.68. The van der Waals surface area contributed by atoms with Crippen LogP contribution in [0.25, 0.3) is 0 Å². The number of nitriles is 1. The monoisotopic (exact) mass is 300 g/mol. The topological polar surface area (TPSA) is 87.5 Å². The van der Waals surface area contributed by atoms with Crippen LogP contribution < -0.4 is 0 Å². The fourth-order valence-electron chi connectivity index (χ4n) is 2.19. The van der Waals surface area contributed by atoms with E-state index in [0.717, 1.165) is 12.8 Å². The van der Waals surface area contributed by atoms with Gasteiger partial charge in [0.1, 0.15) is 6.07 Å². The van der Waals surface area contributed by atoms with Crippen molar-refractivity contribution in [2.75, 3.05) is 6.54 Å². The second-order valence-corrected chi connectivity index (χ2v) is 5.05. The van der Waals surface area contributed by atoms with Gasteiger partial charge in [-0.1, -0.05) is 13.3 Å². The minimum Gasteiger partial charge on any atom is -0.444 e. The van der Waals surface area contributed by atoms with Crippen molar-refractivity contribution in [3.63, 3.8) is 0 Å². The van der Waals surface area contributed by atoms with Gasteiger partial charge in [-0.2, -0.15) is 5.26 Å². The van der Waals surface area contributed by atoms with Crippen molar-refractivity contribution in [3.05, 3.63) is 34.9 Å². The summed E-state index contributed by atoms with van der Waals surface area (Å²) in [4.78, 5) is 37.5. The van der Waals surface area contributed by atoms with E-state index in [0.29, 0.717) is 12.1 Å². The fraction of sp³-hybridized carbons (Fsp3) is 0.375. The molecule has 2 amide bonds. The molecule has 1 aliphatic rings. The van der Waals surface area contributed by atoms with E-state index in [4.69, 9.17) is 10.00 Å². The third kappa shape index (κ3) is 2.84. The number of unbranched alkanes of at least 4 members (excludes halogenated alkanes) is 1. The molecular weight excluding hydrogens is 284 g/mol. The van der Waals surface area contributed by atoms with Crippen molar-refractivity contribution in [3.8, 4) is 6.07 Å². The predicted octanol–water partition coefficient (Wildman–Crippen LogP) is 2.15. The lowest BCUT2D eigenvalue weighted by Gasteiger charge is -2.12. The molecule has 0 spiro atoms. The number of rotatable bonds is 5. The van der Waals surface area contributed by atoms with Crippen LogP contribution in [0.4, 0.5) is 0 Å². The summed E-state index contributed by atoms with van der Waals surface area (Å²) in [5.74, 6) is -1.42. The molecule has 1 aromatic rings. The van der Waals surface area contributed by atoms with Gasteiger partial charge in [0.05, 0.1) is 16.7 Å². The van der Waals surface area contributed by atoms with Gasteiger partial charge in [-0.3, -0.25) is 14.5 Å². The average Bonchev–Trinajstić information content (AvgIpc) is 2.76. The molecule has 0 bridgehead atoms. The highest BCUT2D eigenvalue weighted by Gasteiger charge is 2.35. The van der Waals surface area contributed by atoms with Gasteiger partial charge in [0, 0.05) is 6.54 Å². The molecule has 6 heteroatoms. The van der Waals surface area contributed by atoms with Gasteiger partial charge in [-0.25, -0.2) is 4.79 Å². The van der Waals surface area contributed by atoms with E-state index in [-0.39, 0.29) is 17.0 Å². The normalized spacial score (nSPS) is 14.5. The third-order valence-electron chi connectivity index (χ3n) is 3.41. The zero-order valence-corrected chi connectivity index (χ0v) is 12.5. The summed E-state index contributed by atoms with van der Waals surface area (Å²) in [7, 11) is 0. The second-order valence-electron chi connectivity index (χ2n) is 5.05. The number of nitrogens with zero attached hydrogens (tertiary/aromatic N) is 2. The number of benzene rings is 1. The number of fused-ring (bicyclic) bond motifs is 1. The summed E-state index contributed by atoms with van der Waals surface area (Å²) in [5, 5.41) is 8.65. The van der Waals surface area contributed by atoms with Crippen LogP contribution in [0, 0.1) is 11.3 Å². The molecular formula is C16H16N2O4. The number of hydrogen-bond donors (Lipinski definition) is 0. The van der Waals surface area contributed by atoms with Gasteiger partial charge < -0.3 is 4.74 Å². The molecule has 0 aromatic heterocycles. The van der Waals surface area contributed by atoms with Crippen LogP contribution in [0.5, 0.6) is 0 Å². The number of carbonyl (C=O) groups is 3. The van der Waals surface area contributed by atoms with Crippen LogP contribution >= 0.6 is 0 Å². The van der Waals surface area contributed by atoms with Gasteiger partial charge in [-0.05, 0) is 31.5 Å². The first-order chi connectivity index (χ1) is 10.5. The molecule has 2 rings (SSSR count). The smallest absolute Gasteiger partial charge is 0.339 e. The van der Waals surface area contributed by atoms with Crippen LogP contribution in [0.3, 0.4) is 0 Å². The molecule has 6 nitrogen and oxygen atoms in total. The Labute approximate surface area is 128 Å². The van der Waals surface area contributed by atoms with Gasteiger partial charge in [0.25, 0.3) is 11.8 Å². The highest BCUT2D eigenvalue weighted by molar-refractivity contribution is 6.21. The maximum atomic E-state index is 12.3. The molecule has 114 valence electrons. The van der Waals surface area contributed by atoms with E-state index in [1.165, 1.54) is 30.0 Å². The Morgan fingerprint density at radius 3 is 2.64 bits per heavy atom. The summed E-state index contributed by atoms with van der Waals surface area (Å²) in [5.41, 5.74) is 0.658. The van der Waals surface area contributed by atoms with Crippen molar-refractivity contribution in [2.24, 2.45) is 0 Å². The SMILES string of the molecule is CCCCN1C(=O)c2ccc(C(=O)O[C@@H](C)C#N)cc2C1=O. The number of hydrogen-bond acceptors (Lipinski definition) is 5. The van der Waals surface area contributed by atoms with Crippen LogP contribution in [0.1, 0.15) is 57.8 Å². The van der Waals surface area contributed by atoms with Crippen molar-refractivity contribution in [1.82, 2.24) is 4.90 Å². The maximum Gasteiger partial charge on any atom is 0.339 e. The predicted molar refractivity (Wildman–Crippen MR) is 77.2 cm³/mol. The van der Waals surface area contributed by atoms with Crippen LogP contribution in [0.15, 0.2) is 18.2 Å². The Morgan fingerprint density at radius 2 is 2.00 bits per heavy atom. The van der Waals surface area contributed by atoms with E-state index >= 15 is 0 Å². The van der Waals surface area contributed by atoms with Crippen molar-refractivity contribution in [1.29, 1.82) is 5.26 Å². The molecule has 0 aliphatic carbocycles. The first-order valence-corrected chi connectivity index (χ1v) is 7.10. The van der Waals surface area contributed by atoms with E-state index < -0.39 is 18.0 Å². The first-order valence-electron chi connectivity index (χ1n) is 7.10. The largest absolute Gasteiger partial charge is 0.444 e. The molecule has 1 atom stereocenters. The summed E-state index contributed by atoms with van der Waals surface area (Å²) in [6.45, 7) is 3.79. The zero-order valence-electron chi connectivity index (χ0n) is 12.5. The van der Waals surface area contributed by atoms with Crippen LogP contribution in [-0.4, -0.2) is 35.3 Å². The van der Waals surface area contributed by atoms with Crippen molar-refractivity contribution < 1.29 is 19.1 Å². The number of esters is 1. The van der Waals surface area contributed by atoms with Crippen LogP contribution in [-0.2, 0) is 4.74 Å². The Bertz CT molecular complexity index is 675. The van der Waals surface area contributed by atoms with E-state index in [9.17, 15) is 14.4 Å². The van der Waals surface area contributed by atoms with Crippen molar-refractivity contribution in [2.45, 2.75) is 32.8 Å². The summed E-state index contributed by atoms with van der Waals surface area (Å²) >= 11 is 0. The molecule has 0 radical (unpaired) electrons. The molecule has 0 unspecified atom stereocenters. The number of carbonyl (C=O) groups excluding carboxylic acids is 3. The van der Waals surface area contributed by atoms with Gasteiger partial charge in [0.15, 0.2) is 6.10 Å². The standard InChI is InChI=1S/C16H16N2O4/c1-3-4-7-18-14(19)12-6-5-11(8-13(12)15(18)20)16(21)22-10(2)9-17/h5-6,8,10H,3-4,7H2,1-2H3/t10-/m0/s1. The van der Waals surface area contributed by atoms with Crippen molar-refractivity contribution >= 4 is 17.8 Å². The number of imide groups is 1. The Morgan fingerprint density at radius 1 is 1.32 bits per heavy atom. The molecule has 22 heavy (non-hydrogen) atoms. The van der Waals surface area contributed by atoms with E-state index in [1.54, 1.807) is 6.07 Å². The molecule has 0 saturated carbocycles. The second kappa shape index (κ2) is 6.39. The first kappa shape index (κ1) is 15.7. The van der Waals surface area contributed by atoms with E-state index in [2.05, 4.69) is 0 Å². The fourth-order valence-corrected chi connectivity index (χ4v) is 2.19. The molecule has 1 heterocycles. The molecule has 0 saturated heterocycles. The average molecular weight is 300 g/mol. The lowest BCUT2D eigenvalue weighted by molar-refractivity contribution is 0.0435. The van der Waals surface area contributed by atoms with Gasteiger partial charge in [-0.15, -0.1) is 0 Å². The molecule has 0 fully saturated rings. The Balaban J connectivity index is 2.25. The summed E-state index contributed by atoms with van der Waals surface area (Å²) in [6.07, 6.45) is 0.732. The van der Waals surface area contributed by atoms with Gasteiger partial charge >= 0.3 is 5.97 Å². The highest BCUT2D eigenvalue weighted by atomic mass is 16.5. The molecule has 1 aromatic carbocycles. The number of ether oxygens (including phenoxy) is 1. The van der Waals surface area contributed by atoms with Crippen LogP contribution in [0.2, 0.25) is 0 Å². The quantitative estimate of drug-likeness (QED) is 0.614. The van der Waals surface area contributed by atoms with E-state index in [1.807, 2.05) is 6.92 Å². The maximum absolute atomic E-state index is 12.3. The highest BCUT2D eigenvalue weighted by Crippen LogP contribution is 2.24. The lowest BCUT2D eigenvalue weighted by atomic mass is 10.1. The number of amides is 2. The Kier molecular flexibility index (Phi) is 4.56. The minimum absolute atomic E-state index is 0.152. The van der Waals surface area contributed by atoms with Gasteiger partial charge in [0.2, 0.25) is 0 Å². The molecule has 0 N–H and O–H groups in total. The minimum atomic E-state index is -0.876.